The smallest absolute Gasteiger partial charge is 0.212 e. The highest BCUT2D eigenvalue weighted by molar-refractivity contribution is 7.13. The van der Waals surface area contributed by atoms with Crippen LogP contribution in [0.3, 0.4) is 0 Å². The summed E-state index contributed by atoms with van der Waals surface area (Å²) < 4.78 is 0. The van der Waals surface area contributed by atoms with Gasteiger partial charge in [-0.15, -0.1) is 11.3 Å². The predicted octanol–water partition coefficient (Wildman–Crippen LogP) is 1.69. The molecule has 3 rings (SSSR count). The average molecular weight is 322 g/mol. The van der Waals surface area contributed by atoms with Crippen LogP contribution in [-0.2, 0) is 13.0 Å². The minimum absolute atomic E-state index is 0.0380. The molecule has 1 aromatic rings. The maximum atomic E-state index is 13.0. The molecule has 0 bridgehead atoms. The van der Waals surface area contributed by atoms with Crippen molar-refractivity contribution >= 4 is 17.1 Å². The summed E-state index contributed by atoms with van der Waals surface area (Å²) in [5, 5.41) is 0.568. The third-order valence-corrected chi connectivity index (χ3v) is 6.14. The SMILES string of the molecule is CN1CCc2nc(C(=O)C3(N)CCCCCCC3N)sc2C1. The molecule has 6 heteroatoms. The number of carbonyl (C=O) groups excluding carboxylic acids is 1. The Morgan fingerprint density at radius 2 is 2.14 bits per heavy atom. The number of fused-ring (bicyclic) bond motifs is 1. The summed E-state index contributed by atoms with van der Waals surface area (Å²) in [6, 6.07) is -0.260. The summed E-state index contributed by atoms with van der Waals surface area (Å²) in [6.45, 7) is 1.88. The quantitative estimate of drug-likeness (QED) is 0.809. The van der Waals surface area contributed by atoms with Gasteiger partial charge in [-0.2, -0.15) is 0 Å². The lowest BCUT2D eigenvalue weighted by molar-refractivity contribution is 0.0837. The lowest BCUT2D eigenvalue weighted by Gasteiger charge is -2.34. The van der Waals surface area contributed by atoms with Crippen LogP contribution in [0.2, 0.25) is 0 Å². The number of thiazole rings is 1. The number of hydrogen-bond donors (Lipinski definition) is 2. The van der Waals surface area contributed by atoms with Crippen LogP contribution in [0.15, 0.2) is 0 Å². The van der Waals surface area contributed by atoms with E-state index < -0.39 is 5.54 Å². The number of ketones is 1. The molecule has 22 heavy (non-hydrogen) atoms. The fourth-order valence-corrected chi connectivity index (χ4v) is 4.70. The van der Waals surface area contributed by atoms with Gasteiger partial charge < -0.3 is 16.4 Å². The van der Waals surface area contributed by atoms with Crippen LogP contribution < -0.4 is 11.5 Å². The van der Waals surface area contributed by atoms with Crippen molar-refractivity contribution in [1.82, 2.24) is 9.88 Å². The van der Waals surface area contributed by atoms with E-state index in [-0.39, 0.29) is 11.8 Å². The number of hydrogen-bond acceptors (Lipinski definition) is 6. The highest BCUT2D eigenvalue weighted by atomic mass is 32.1. The van der Waals surface area contributed by atoms with E-state index in [0.29, 0.717) is 11.4 Å². The van der Waals surface area contributed by atoms with Crippen molar-refractivity contribution in [2.75, 3.05) is 13.6 Å². The lowest BCUT2D eigenvalue weighted by Crippen LogP contribution is -2.61. The van der Waals surface area contributed by atoms with Gasteiger partial charge in [0, 0.05) is 30.4 Å². The van der Waals surface area contributed by atoms with Gasteiger partial charge in [0.25, 0.3) is 0 Å². The lowest BCUT2D eigenvalue weighted by atomic mass is 9.78. The van der Waals surface area contributed by atoms with Gasteiger partial charge in [0.1, 0.15) is 0 Å². The molecule has 0 radical (unpaired) electrons. The van der Waals surface area contributed by atoms with Crippen molar-refractivity contribution in [3.63, 3.8) is 0 Å². The van der Waals surface area contributed by atoms with E-state index in [4.69, 9.17) is 11.5 Å². The molecule has 1 aliphatic heterocycles. The van der Waals surface area contributed by atoms with Crippen molar-refractivity contribution in [3.8, 4) is 0 Å². The molecule has 5 nitrogen and oxygen atoms in total. The molecule has 0 aromatic carbocycles. The van der Waals surface area contributed by atoms with E-state index in [2.05, 4.69) is 16.9 Å². The molecule has 1 saturated carbocycles. The van der Waals surface area contributed by atoms with Gasteiger partial charge in [0.2, 0.25) is 5.78 Å². The Hall–Kier alpha value is -0.820. The van der Waals surface area contributed by atoms with E-state index in [1.807, 2.05) is 0 Å². The van der Waals surface area contributed by atoms with Crippen molar-refractivity contribution in [2.45, 2.75) is 63.1 Å². The standard InChI is InChI=1S/C16H26N4OS/c1-20-9-7-11-12(10-20)22-15(19-11)14(21)16(18)8-5-3-2-4-6-13(16)17/h13H,2-10,17-18H2,1H3. The number of likely N-dealkylation sites (N-methyl/N-ethyl adjacent to an activating group) is 1. The number of nitrogens with two attached hydrogens (primary N) is 2. The van der Waals surface area contributed by atoms with Gasteiger partial charge in [-0.05, 0) is 19.9 Å². The van der Waals surface area contributed by atoms with E-state index in [9.17, 15) is 4.79 Å². The molecule has 122 valence electrons. The zero-order valence-corrected chi connectivity index (χ0v) is 14.1. The molecule has 0 amide bonds. The molecular formula is C16H26N4OS. The third-order valence-electron chi connectivity index (χ3n) is 5.06. The molecule has 2 heterocycles. The fraction of sp³-hybridized carbons (Fsp3) is 0.750. The monoisotopic (exact) mass is 322 g/mol. The molecular weight excluding hydrogens is 296 g/mol. The summed E-state index contributed by atoms with van der Waals surface area (Å²) in [4.78, 5) is 21.1. The molecule has 0 spiro atoms. The van der Waals surface area contributed by atoms with Crippen molar-refractivity contribution in [2.24, 2.45) is 11.5 Å². The Morgan fingerprint density at radius 1 is 1.36 bits per heavy atom. The van der Waals surface area contributed by atoms with Crippen LogP contribution in [0.4, 0.5) is 0 Å². The van der Waals surface area contributed by atoms with Crippen molar-refractivity contribution < 1.29 is 4.79 Å². The highest BCUT2D eigenvalue weighted by Crippen LogP contribution is 2.31. The first-order valence-corrected chi connectivity index (χ1v) is 9.09. The predicted molar refractivity (Wildman–Crippen MR) is 89.1 cm³/mol. The third kappa shape index (κ3) is 2.97. The Bertz CT molecular complexity index is 558. The minimum atomic E-state index is -0.938. The molecule has 1 aliphatic carbocycles. The Labute approximate surface area is 136 Å². The molecule has 2 unspecified atom stereocenters. The summed E-state index contributed by atoms with van der Waals surface area (Å²) in [7, 11) is 2.10. The van der Waals surface area contributed by atoms with E-state index in [0.717, 1.165) is 50.9 Å². The Morgan fingerprint density at radius 3 is 2.95 bits per heavy atom. The molecule has 1 fully saturated rings. The van der Waals surface area contributed by atoms with Gasteiger partial charge in [-0.3, -0.25) is 4.79 Å². The summed E-state index contributed by atoms with van der Waals surface area (Å²) in [5.41, 5.74) is 12.9. The zero-order chi connectivity index (χ0) is 15.7. The zero-order valence-electron chi connectivity index (χ0n) is 13.3. The van der Waals surface area contributed by atoms with Gasteiger partial charge >= 0.3 is 0 Å². The first-order valence-electron chi connectivity index (χ1n) is 8.27. The second-order valence-corrected chi connectivity index (χ2v) is 7.89. The summed E-state index contributed by atoms with van der Waals surface area (Å²) in [5.74, 6) is -0.0380. The first-order chi connectivity index (χ1) is 10.5. The Balaban J connectivity index is 1.85. The average Bonchev–Trinajstić information content (AvgIpc) is 2.90. The van der Waals surface area contributed by atoms with Crippen LogP contribution in [0.25, 0.3) is 0 Å². The normalized spacial score (nSPS) is 30.4. The molecule has 2 aliphatic rings. The minimum Gasteiger partial charge on any atom is -0.326 e. The number of aromatic nitrogens is 1. The van der Waals surface area contributed by atoms with Crippen LogP contribution in [0.5, 0.6) is 0 Å². The summed E-state index contributed by atoms with van der Waals surface area (Å²) in [6.07, 6.45) is 6.79. The molecule has 2 atom stereocenters. The summed E-state index contributed by atoms with van der Waals surface area (Å²) >= 11 is 1.52. The van der Waals surface area contributed by atoms with E-state index in [1.54, 1.807) is 0 Å². The number of nitrogens with zero attached hydrogens (tertiary/aromatic N) is 2. The van der Waals surface area contributed by atoms with Gasteiger partial charge in [0.15, 0.2) is 5.01 Å². The van der Waals surface area contributed by atoms with Gasteiger partial charge in [-0.25, -0.2) is 4.98 Å². The second-order valence-electron chi connectivity index (χ2n) is 6.81. The highest BCUT2D eigenvalue weighted by Gasteiger charge is 2.42. The second kappa shape index (κ2) is 6.35. The number of carbonyl (C=O) groups is 1. The van der Waals surface area contributed by atoms with Crippen LogP contribution >= 0.6 is 11.3 Å². The van der Waals surface area contributed by atoms with Crippen LogP contribution in [-0.4, -0.2) is 40.8 Å². The molecule has 1 aromatic heterocycles. The number of Topliss-reactive ketones (excluding diaryl/α,β-unsaturated/α-hetero) is 1. The van der Waals surface area contributed by atoms with E-state index >= 15 is 0 Å². The van der Waals surface area contributed by atoms with Crippen LogP contribution in [0, 0.1) is 0 Å². The van der Waals surface area contributed by atoms with Gasteiger partial charge in [0.05, 0.1) is 11.2 Å². The van der Waals surface area contributed by atoms with Crippen molar-refractivity contribution in [1.29, 1.82) is 0 Å². The van der Waals surface area contributed by atoms with Gasteiger partial charge in [-0.1, -0.05) is 25.7 Å². The maximum Gasteiger partial charge on any atom is 0.212 e. The molecule has 0 saturated heterocycles. The number of rotatable bonds is 2. The van der Waals surface area contributed by atoms with Crippen molar-refractivity contribution in [3.05, 3.63) is 15.6 Å². The first kappa shape index (κ1) is 16.1. The molecule has 4 N–H and O–H groups in total. The van der Waals surface area contributed by atoms with Crippen LogP contribution in [0.1, 0.15) is 58.9 Å². The maximum absolute atomic E-state index is 13.0. The topological polar surface area (TPSA) is 85.2 Å². The largest absolute Gasteiger partial charge is 0.326 e. The van der Waals surface area contributed by atoms with E-state index in [1.165, 1.54) is 22.6 Å². The fourth-order valence-electron chi connectivity index (χ4n) is 3.48. The Kier molecular flexibility index (Phi) is 4.64.